The van der Waals surface area contributed by atoms with Gasteiger partial charge in [0.1, 0.15) is 5.75 Å². The molecule has 1 aliphatic heterocycles. The molecule has 1 saturated heterocycles. The van der Waals surface area contributed by atoms with Crippen LogP contribution in [0.25, 0.3) is 0 Å². The topological polar surface area (TPSA) is 41.6 Å². The van der Waals surface area contributed by atoms with E-state index in [4.69, 9.17) is 4.74 Å². The molecule has 1 aromatic carbocycles. The fraction of sp³-hybridized carbons (Fsp3) is 0.682. The maximum Gasteiger partial charge on any atom is 0.222 e. The Kier molecular flexibility index (Phi) is 7.95. The maximum absolute atomic E-state index is 12.9. The molecule has 1 fully saturated rings. The molecule has 0 bridgehead atoms. The van der Waals surface area contributed by atoms with Gasteiger partial charge >= 0.3 is 0 Å². The van der Waals surface area contributed by atoms with E-state index in [9.17, 15) is 4.79 Å². The zero-order valence-electron chi connectivity index (χ0n) is 17.0. The van der Waals surface area contributed by atoms with Crippen molar-refractivity contribution in [3.05, 3.63) is 29.8 Å². The van der Waals surface area contributed by atoms with Crippen LogP contribution in [0.5, 0.6) is 5.75 Å². The molecule has 4 nitrogen and oxygen atoms in total. The first-order chi connectivity index (χ1) is 12.4. The zero-order chi connectivity index (χ0) is 19.0. The van der Waals surface area contributed by atoms with Crippen molar-refractivity contribution in [2.75, 3.05) is 33.3 Å². The molecule has 1 aliphatic rings. The Labute approximate surface area is 159 Å². The standard InChI is InChI=1S/C22H36N2O2/c1-22(2,3)17-24(16-13-18-5-8-20(26-4)9-6-18)21(25)10-7-19-11-14-23-15-12-19/h5-6,8-9,19,23H,7,10-17H2,1-4H3. The van der Waals surface area contributed by atoms with Gasteiger partial charge in [0.05, 0.1) is 7.11 Å². The molecule has 1 N–H and O–H groups in total. The van der Waals surface area contributed by atoms with Crippen molar-refractivity contribution in [2.24, 2.45) is 11.3 Å². The molecule has 1 amide bonds. The zero-order valence-corrected chi connectivity index (χ0v) is 17.0. The molecule has 0 spiro atoms. The van der Waals surface area contributed by atoms with E-state index in [1.54, 1.807) is 7.11 Å². The summed E-state index contributed by atoms with van der Waals surface area (Å²) in [4.78, 5) is 15.0. The third kappa shape index (κ3) is 7.36. The van der Waals surface area contributed by atoms with Gasteiger partial charge in [-0.05, 0) is 67.8 Å². The van der Waals surface area contributed by atoms with Gasteiger partial charge in [-0.1, -0.05) is 32.9 Å². The number of nitrogens with zero attached hydrogens (tertiary/aromatic N) is 1. The van der Waals surface area contributed by atoms with Crippen molar-refractivity contribution in [3.8, 4) is 5.75 Å². The highest BCUT2D eigenvalue weighted by atomic mass is 16.5. The summed E-state index contributed by atoms with van der Waals surface area (Å²) in [5, 5.41) is 3.40. The van der Waals surface area contributed by atoms with E-state index in [0.717, 1.165) is 44.8 Å². The Morgan fingerprint density at radius 2 is 1.85 bits per heavy atom. The molecule has 0 aliphatic carbocycles. The summed E-state index contributed by atoms with van der Waals surface area (Å²) in [6.07, 6.45) is 5.02. The number of piperidine rings is 1. The minimum atomic E-state index is 0.115. The van der Waals surface area contributed by atoms with Gasteiger partial charge in [-0.15, -0.1) is 0 Å². The number of carbonyl (C=O) groups excluding carboxylic acids is 1. The van der Waals surface area contributed by atoms with E-state index in [1.807, 2.05) is 12.1 Å². The molecule has 146 valence electrons. The van der Waals surface area contributed by atoms with E-state index in [2.05, 4.69) is 43.1 Å². The first-order valence-electron chi connectivity index (χ1n) is 9.99. The second kappa shape index (κ2) is 9.96. The summed E-state index contributed by atoms with van der Waals surface area (Å²) in [6, 6.07) is 8.16. The summed E-state index contributed by atoms with van der Waals surface area (Å²) >= 11 is 0. The van der Waals surface area contributed by atoms with Crippen LogP contribution in [0.15, 0.2) is 24.3 Å². The average Bonchev–Trinajstić information content (AvgIpc) is 2.63. The summed E-state index contributed by atoms with van der Waals surface area (Å²) in [7, 11) is 1.68. The molecule has 0 unspecified atom stereocenters. The minimum absolute atomic E-state index is 0.115. The predicted octanol–water partition coefficient (Wildman–Crippen LogP) is 3.89. The van der Waals surface area contributed by atoms with Crippen LogP contribution in [0.2, 0.25) is 0 Å². The van der Waals surface area contributed by atoms with E-state index in [0.29, 0.717) is 18.2 Å². The van der Waals surface area contributed by atoms with Gasteiger partial charge in [0.15, 0.2) is 0 Å². The van der Waals surface area contributed by atoms with Gasteiger partial charge in [-0.3, -0.25) is 4.79 Å². The largest absolute Gasteiger partial charge is 0.497 e. The molecule has 0 radical (unpaired) electrons. The van der Waals surface area contributed by atoms with E-state index in [1.165, 1.54) is 18.4 Å². The second-order valence-corrected chi connectivity index (χ2v) is 8.71. The van der Waals surface area contributed by atoms with E-state index in [-0.39, 0.29) is 5.41 Å². The van der Waals surface area contributed by atoms with Crippen LogP contribution < -0.4 is 10.1 Å². The van der Waals surface area contributed by atoms with Crippen LogP contribution >= 0.6 is 0 Å². The number of carbonyl (C=O) groups is 1. The summed E-state index contributed by atoms with van der Waals surface area (Å²) in [6.45, 7) is 10.4. The molecule has 0 atom stereocenters. The summed E-state index contributed by atoms with van der Waals surface area (Å²) in [5.74, 6) is 1.89. The molecule has 0 saturated carbocycles. The number of benzene rings is 1. The predicted molar refractivity (Wildman–Crippen MR) is 108 cm³/mol. The van der Waals surface area contributed by atoms with Gasteiger partial charge in [-0.2, -0.15) is 0 Å². The van der Waals surface area contributed by atoms with Crippen LogP contribution in [0.1, 0.15) is 52.0 Å². The molecule has 1 aromatic rings. The van der Waals surface area contributed by atoms with Gasteiger partial charge in [0.25, 0.3) is 0 Å². The van der Waals surface area contributed by atoms with Crippen molar-refractivity contribution in [2.45, 2.75) is 52.9 Å². The number of methoxy groups -OCH3 is 1. The highest BCUT2D eigenvalue weighted by Crippen LogP contribution is 2.21. The Bertz CT molecular complexity index is 542. The van der Waals surface area contributed by atoms with Crippen molar-refractivity contribution < 1.29 is 9.53 Å². The number of hydrogen-bond acceptors (Lipinski definition) is 3. The molecule has 26 heavy (non-hydrogen) atoms. The third-order valence-electron chi connectivity index (χ3n) is 5.07. The molecular formula is C22H36N2O2. The first kappa shape index (κ1) is 20.8. The van der Waals surface area contributed by atoms with Crippen LogP contribution in [-0.2, 0) is 11.2 Å². The number of amides is 1. The first-order valence-corrected chi connectivity index (χ1v) is 9.99. The number of hydrogen-bond donors (Lipinski definition) is 1. The fourth-order valence-electron chi connectivity index (χ4n) is 3.58. The molecule has 4 heteroatoms. The fourth-order valence-corrected chi connectivity index (χ4v) is 3.58. The lowest BCUT2D eigenvalue weighted by Crippen LogP contribution is -2.39. The Hall–Kier alpha value is -1.55. The Morgan fingerprint density at radius 1 is 1.19 bits per heavy atom. The van der Waals surface area contributed by atoms with Gasteiger partial charge in [-0.25, -0.2) is 0 Å². The SMILES string of the molecule is COc1ccc(CCN(CC(C)(C)C)C(=O)CCC2CCNCC2)cc1. The average molecular weight is 361 g/mol. The Balaban J connectivity index is 1.89. The van der Waals surface area contributed by atoms with Gasteiger partial charge in [0, 0.05) is 19.5 Å². The van der Waals surface area contributed by atoms with Crippen LogP contribution in [0.4, 0.5) is 0 Å². The van der Waals surface area contributed by atoms with Crippen molar-refractivity contribution >= 4 is 5.91 Å². The lowest BCUT2D eigenvalue weighted by molar-refractivity contribution is -0.132. The summed E-state index contributed by atoms with van der Waals surface area (Å²) in [5.41, 5.74) is 1.36. The quantitative estimate of drug-likeness (QED) is 0.765. The van der Waals surface area contributed by atoms with Crippen LogP contribution in [0.3, 0.4) is 0 Å². The minimum Gasteiger partial charge on any atom is -0.497 e. The Morgan fingerprint density at radius 3 is 2.42 bits per heavy atom. The monoisotopic (exact) mass is 360 g/mol. The van der Waals surface area contributed by atoms with Crippen molar-refractivity contribution in [1.29, 1.82) is 0 Å². The van der Waals surface area contributed by atoms with Gasteiger partial charge in [0.2, 0.25) is 5.91 Å². The van der Waals surface area contributed by atoms with E-state index < -0.39 is 0 Å². The highest BCUT2D eigenvalue weighted by Gasteiger charge is 2.22. The van der Waals surface area contributed by atoms with Crippen LogP contribution in [-0.4, -0.2) is 44.1 Å². The molecule has 1 heterocycles. The molecule has 2 rings (SSSR count). The lowest BCUT2D eigenvalue weighted by Gasteiger charge is -2.31. The summed E-state index contributed by atoms with van der Waals surface area (Å²) < 4.78 is 5.22. The number of rotatable bonds is 8. The van der Waals surface area contributed by atoms with Crippen molar-refractivity contribution in [1.82, 2.24) is 10.2 Å². The molecule has 0 aromatic heterocycles. The number of nitrogens with one attached hydrogen (secondary N) is 1. The van der Waals surface area contributed by atoms with Crippen LogP contribution in [0, 0.1) is 11.3 Å². The van der Waals surface area contributed by atoms with Gasteiger partial charge < -0.3 is 15.0 Å². The highest BCUT2D eigenvalue weighted by molar-refractivity contribution is 5.76. The third-order valence-corrected chi connectivity index (χ3v) is 5.07. The van der Waals surface area contributed by atoms with Crippen molar-refractivity contribution in [3.63, 3.8) is 0 Å². The number of ether oxygens (including phenoxy) is 1. The van der Waals surface area contributed by atoms with E-state index >= 15 is 0 Å². The molecular weight excluding hydrogens is 324 g/mol. The maximum atomic E-state index is 12.9. The second-order valence-electron chi connectivity index (χ2n) is 8.71. The lowest BCUT2D eigenvalue weighted by atomic mass is 9.92. The normalized spacial score (nSPS) is 15.7. The smallest absolute Gasteiger partial charge is 0.222 e.